The van der Waals surface area contributed by atoms with Crippen molar-refractivity contribution in [3.63, 3.8) is 0 Å². The Balaban J connectivity index is 2.05. The molecule has 8 heteroatoms. The molecule has 0 saturated heterocycles. The number of aromatic nitrogens is 1. The summed E-state index contributed by atoms with van der Waals surface area (Å²) in [7, 11) is -3.69. The van der Waals surface area contributed by atoms with Gasteiger partial charge in [0.25, 0.3) is 0 Å². The number of aliphatic imine (C=N–C) groups is 1. The van der Waals surface area contributed by atoms with Gasteiger partial charge in [-0.15, -0.1) is 0 Å². The molecule has 2 heterocycles. The van der Waals surface area contributed by atoms with E-state index in [0.717, 1.165) is 0 Å². The lowest BCUT2D eigenvalue weighted by Gasteiger charge is -2.37. The van der Waals surface area contributed by atoms with Gasteiger partial charge in [-0.2, -0.15) is 0 Å². The van der Waals surface area contributed by atoms with Crippen LogP contribution in [-0.4, -0.2) is 29.7 Å². The van der Waals surface area contributed by atoms with Gasteiger partial charge in [-0.1, -0.05) is 5.92 Å². The van der Waals surface area contributed by atoms with Crippen molar-refractivity contribution < 1.29 is 17.2 Å². The first-order valence-electron chi connectivity index (χ1n) is 8.47. The van der Waals surface area contributed by atoms with E-state index in [1.54, 1.807) is 0 Å². The van der Waals surface area contributed by atoms with Crippen molar-refractivity contribution in [2.45, 2.75) is 31.1 Å². The second-order valence-corrected chi connectivity index (χ2v) is 9.86. The van der Waals surface area contributed by atoms with Crippen LogP contribution in [0.4, 0.5) is 8.78 Å². The van der Waals surface area contributed by atoms with Gasteiger partial charge in [0.1, 0.15) is 39.1 Å². The van der Waals surface area contributed by atoms with Gasteiger partial charge in [-0.25, -0.2) is 22.2 Å². The summed E-state index contributed by atoms with van der Waals surface area (Å²) in [4.78, 5) is 8.48. The van der Waals surface area contributed by atoms with E-state index >= 15 is 0 Å². The summed E-state index contributed by atoms with van der Waals surface area (Å²) in [5, 5.41) is 0. The average Bonchev–Trinajstić information content (AvgIpc) is 2.60. The third-order valence-corrected chi connectivity index (χ3v) is 7.47. The molecule has 0 aliphatic carbocycles. The standard InChI is InChI=1S/C20H19F2N3O2S/c1-19(2)18(23)25-20(3,12-28(19,26)27)17-16(22)11-10-15(24-17)9-6-13-4-7-14(21)8-5-13/h4-5,7-8,10-11H,12H2,1-3H3,(H2,23,25). The molecular formula is C20H19F2N3O2S. The van der Waals surface area contributed by atoms with Crippen molar-refractivity contribution in [3.8, 4) is 11.8 Å². The molecular weight excluding hydrogens is 384 g/mol. The minimum absolute atomic E-state index is 0.0924. The zero-order chi connectivity index (χ0) is 20.7. The largest absolute Gasteiger partial charge is 0.386 e. The SMILES string of the molecule is CC1(c2nc(C#Cc3ccc(F)cc3)ccc2F)CS(=O)(=O)C(C)(C)C(N)=N1. The van der Waals surface area contributed by atoms with Crippen LogP contribution in [0, 0.1) is 23.5 Å². The van der Waals surface area contributed by atoms with Gasteiger partial charge in [0, 0.05) is 5.56 Å². The highest BCUT2D eigenvalue weighted by molar-refractivity contribution is 7.93. The Kier molecular flexibility index (Phi) is 4.76. The number of benzene rings is 1. The van der Waals surface area contributed by atoms with Gasteiger partial charge in [-0.3, -0.25) is 4.99 Å². The highest BCUT2D eigenvalue weighted by atomic mass is 32.2. The Morgan fingerprint density at radius 2 is 1.68 bits per heavy atom. The lowest BCUT2D eigenvalue weighted by molar-refractivity contribution is 0.461. The highest BCUT2D eigenvalue weighted by Crippen LogP contribution is 2.36. The maximum atomic E-state index is 14.5. The fourth-order valence-electron chi connectivity index (χ4n) is 2.82. The average molecular weight is 403 g/mol. The molecule has 1 atom stereocenters. The van der Waals surface area contributed by atoms with Crippen LogP contribution < -0.4 is 5.73 Å². The van der Waals surface area contributed by atoms with Crippen LogP contribution in [0.15, 0.2) is 41.4 Å². The van der Waals surface area contributed by atoms with Crippen molar-refractivity contribution in [1.82, 2.24) is 4.98 Å². The molecule has 0 spiro atoms. The first-order valence-corrected chi connectivity index (χ1v) is 10.1. The number of halogens is 2. The summed E-state index contributed by atoms with van der Waals surface area (Å²) in [6.07, 6.45) is 0. The third-order valence-electron chi connectivity index (χ3n) is 4.77. The van der Waals surface area contributed by atoms with E-state index in [1.807, 2.05) is 0 Å². The Labute approximate surface area is 162 Å². The number of sulfone groups is 1. The highest BCUT2D eigenvalue weighted by Gasteiger charge is 2.50. The van der Waals surface area contributed by atoms with Gasteiger partial charge in [0.05, 0.1) is 5.75 Å². The van der Waals surface area contributed by atoms with Crippen LogP contribution in [-0.2, 0) is 15.4 Å². The van der Waals surface area contributed by atoms with Crippen molar-refractivity contribution in [3.05, 3.63) is 65.0 Å². The number of amidine groups is 1. The molecule has 28 heavy (non-hydrogen) atoms. The quantitative estimate of drug-likeness (QED) is 0.742. The van der Waals surface area contributed by atoms with E-state index in [4.69, 9.17) is 5.73 Å². The molecule has 1 aromatic carbocycles. The van der Waals surface area contributed by atoms with Crippen LogP contribution in [0.2, 0.25) is 0 Å². The zero-order valence-electron chi connectivity index (χ0n) is 15.6. The van der Waals surface area contributed by atoms with Crippen LogP contribution >= 0.6 is 0 Å². The lowest BCUT2D eigenvalue weighted by atomic mass is 9.98. The Morgan fingerprint density at radius 3 is 2.29 bits per heavy atom. The maximum absolute atomic E-state index is 14.5. The van der Waals surface area contributed by atoms with E-state index in [9.17, 15) is 17.2 Å². The number of nitrogens with zero attached hydrogens (tertiary/aromatic N) is 2. The van der Waals surface area contributed by atoms with Gasteiger partial charge in [0.15, 0.2) is 9.84 Å². The molecule has 2 aromatic rings. The van der Waals surface area contributed by atoms with Crippen LogP contribution in [0.25, 0.3) is 0 Å². The molecule has 146 valence electrons. The minimum atomic E-state index is -3.69. The van der Waals surface area contributed by atoms with Crippen LogP contribution in [0.1, 0.15) is 37.7 Å². The lowest BCUT2D eigenvalue weighted by Crippen LogP contribution is -2.55. The predicted molar refractivity (Wildman–Crippen MR) is 103 cm³/mol. The molecule has 1 aromatic heterocycles. The summed E-state index contributed by atoms with van der Waals surface area (Å²) in [6, 6.07) is 8.12. The Bertz CT molecular complexity index is 1130. The minimum Gasteiger partial charge on any atom is -0.386 e. The number of hydrogen-bond donors (Lipinski definition) is 1. The molecule has 0 fully saturated rings. The smallest absolute Gasteiger partial charge is 0.165 e. The summed E-state index contributed by atoms with van der Waals surface area (Å²) >= 11 is 0. The number of hydrogen-bond acceptors (Lipinski definition) is 5. The van der Waals surface area contributed by atoms with Crippen molar-refractivity contribution in [2.75, 3.05) is 5.75 Å². The predicted octanol–water partition coefficient (Wildman–Crippen LogP) is 2.54. The molecule has 0 radical (unpaired) electrons. The topological polar surface area (TPSA) is 85.4 Å². The van der Waals surface area contributed by atoms with E-state index in [2.05, 4.69) is 21.8 Å². The molecule has 5 nitrogen and oxygen atoms in total. The van der Waals surface area contributed by atoms with E-state index in [1.165, 1.54) is 57.2 Å². The molecule has 2 N–H and O–H groups in total. The van der Waals surface area contributed by atoms with Crippen molar-refractivity contribution >= 4 is 15.7 Å². The third kappa shape index (κ3) is 3.50. The normalized spacial score (nSPS) is 22.7. The molecule has 1 aliphatic rings. The van der Waals surface area contributed by atoms with Crippen molar-refractivity contribution in [1.29, 1.82) is 0 Å². The second-order valence-electron chi connectivity index (χ2n) is 7.32. The first kappa shape index (κ1) is 20.0. The van der Waals surface area contributed by atoms with E-state index < -0.39 is 31.7 Å². The number of rotatable bonds is 1. The Hall–Kier alpha value is -2.79. The number of pyridine rings is 1. The van der Waals surface area contributed by atoms with Crippen molar-refractivity contribution in [2.24, 2.45) is 10.7 Å². The summed E-state index contributed by atoms with van der Waals surface area (Å²) < 4.78 is 51.5. The fourth-order valence-corrected chi connectivity index (χ4v) is 4.49. The molecule has 3 rings (SSSR count). The van der Waals surface area contributed by atoms with Gasteiger partial charge >= 0.3 is 0 Å². The maximum Gasteiger partial charge on any atom is 0.165 e. The molecule has 0 bridgehead atoms. The second kappa shape index (κ2) is 6.67. The molecule has 0 amide bonds. The molecule has 1 aliphatic heterocycles. The van der Waals surface area contributed by atoms with E-state index in [-0.39, 0.29) is 23.0 Å². The molecule has 0 saturated carbocycles. The van der Waals surface area contributed by atoms with Crippen LogP contribution in [0.5, 0.6) is 0 Å². The fraction of sp³-hybridized carbons (Fsp3) is 0.300. The monoisotopic (exact) mass is 403 g/mol. The summed E-state index contributed by atoms with van der Waals surface area (Å²) in [5.41, 5.74) is 5.09. The van der Waals surface area contributed by atoms with Crippen LogP contribution in [0.3, 0.4) is 0 Å². The summed E-state index contributed by atoms with van der Waals surface area (Å²) in [6.45, 7) is 4.42. The molecule has 1 unspecified atom stereocenters. The summed E-state index contributed by atoms with van der Waals surface area (Å²) in [5.74, 6) is 3.99. The number of nitrogens with two attached hydrogens (primary N) is 1. The first-order chi connectivity index (χ1) is 12.9. The Morgan fingerprint density at radius 1 is 1.04 bits per heavy atom. The van der Waals surface area contributed by atoms with Gasteiger partial charge in [-0.05, 0) is 63.1 Å². The zero-order valence-corrected chi connectivity index (χ0v) is 16.4. The van der Waals surface area contributed by atoms with Gasteiger partial charge < -0.3 is 5.73 Å². The van der Waals surface area contributed by atoms with Gasteiger partial charge in [0.2, 0.25) is 0 Å². The van der Waals surface area contributed by atoms with E-state index in [0.29, 0.717) is 5.56 Å².